The van der Waals surface area contributed by atoms with Crippen molar-refractivity contribution >= 4 is 11.6 Å². The molecule has 1 unspecified atom stereocenters. The number of anilines is 2. The zero-order valence-electron chi connectivity index (χ0n) is 12.1. The SMILES string of the molecule is CC(C)CN(C)c1cc(N(C)CC(C)N)ncn1. The smallest absolute Gasteiger partial charge is 0.133 e. The van der Waals surface area contributed by atoms with E-state index in [9.17, 15) is 0 Å². The van der Waals surface area contributed by atoms with Crippen LogP contribution < -0.4 is 15.5 Å². The summed E-state index contributed by atoms with van der Waals surface area (Å²) >= 11 is 0. The van der Waals surface area contributed by atoms with E-state index in [-0.39, 0.29) is 6.04 Å². The van der Waals surface area contributed by atoms with Gasteiger partial charge in [0.05, 0.1) is 0 Å². The number of nitrogens with two attached hydrogens (primary N) is 1. The van der Waals surface area contributed by atoms with Gasteiger partial charge in [0.1, 0.15) is 18.0 Å². The van der Waals surface area contributed by atoms with E-state index >= 15 is 0 Å². The first-order chi connectivity index (χ1) is 8.40. The fraction of sp³-hybridized carbons (Fsp3) is 0.692. The van der Waals surface area contributed by atoms with E-state index in [2.05, 4.69) is 40.7 Å². The molecular formula is C13H25N5. The second-order valence-electron chi connectivity index (χ2n) is 5.37. The molecule has 1 aromatic rings. The summed E-state index contributed by atoms with van der Waals surface area (Å²) in [7, 11) is 4.05. The van der Waals surface area contributed by atoms with Crippen LogP contribution in [0.1, 0.15) is 20.8 Å². The van der Waals surface area contributed by atoms with E-state index in [1.165, 1.54) is 0 Å². The summed E-state index contributed by atoms with van der Waals surface area (Å²) in [6, 6.07) is 2.13. The van der Waals surface area contributed by atoms with Crippen LogP contribution in [0.4, 0.5) is 11.6 Å². The van der Waals surface area contributed by atoms with Crippen molar-refractivity contribution in [3.8, 4) is 0 Å². The lowest BCUT2D eigenvalue weighted by Crippen LogP contribution is -2.33. The first-order valence-electron chi connectivity index (χ1n) is 6.40. The van der Waals surface area contributed by atoms with Gasteiger partial charge in [-0.15, -0.1) is 0 Å². The number of aromatic nitrogens is 2. The highest BCUT2D eigenvalue weighted by atomic mass is 15.2. The maximum atomic E-state index is 5.80. The highest BCUT2D eigenvalue weighted by Crippen LogP contribution is 2.16. The van der Waals surface area contributed by atoms with Crippen LogP contribution in [0.3, 0.4) is 0 Å². The summed E-state index contributed by atoms with van der Waals surface area (Å²) in [4.78, 5) is 12.8. The van der Waals surface area contributed by atoms with Crippen LogP contribution in [-0.4, -0.2) is 43.2 Å². The zero-order chi connectivity index (χ0) is 13.7. The Morgan fingerprint density at radius 2 is 1.56 bits per heavy atom. The molecule has 0 bridgehead atoms. The average molecular weight is 251 g/mol. The summed E-state index contributed by atoms with van der Waals surface area (Å²) < 4.78 is 0. The Morgan fingerprint density at radius 1 is 1.06 bits per heavy atom. The lowest BCUT2D eigenvalue weighted by molar-refractivity contribution is 0.634. The van der Waals surface area contributed by atoms with E-state index in [0.717, 1.165) is 24.7 Å². The maximum absolute atomic E-state index is 5.80. The Kier molecular flexibility index (Phi) is 5.34. The molecule has 2 N–H and O–H groups in total. The van der Waals surface area contributed by atoms with Gasteiger partial charge in [0.25, 0.3) is 0 Å². The highest BCUT2D eigenvalue weighted by Gasteiger charge is 2.09. The van der Waals surface area contributed by atoms with Crippen LogP contribution in [0.2, 0.25) is 0 Å². The van der Waals surface area contributed by atoms with Crippen molar-refractivity contribution in [2.75, 3.05) is 37.0 Å². The van der Waals surface area contributed by atoms with Gasteiger partial charge >= 0.3 is 0 Å². The highest BCUT2D eigenvalue weighted by molar-refractivity contribution is 5.49. The van der Waals surface area contributed by atoms with E-state index < -0.39 is 0 Å². The third kappa shape index (κ3) is 4.49. The molecule has 5 nitrogen and oxygen atoms in total. The van der Waals surface area contributed by atoms with Crippen molar-refractivity contribution in [2.45, 2.75) is 26.8 Å². The molecule has 1 heterocycles. The van der Waals surface area contributed by atoms with E-state index in [1.807, 2.05) is 20.0 Å². The summed E-state index contributed by atoms with van der Waals surface area (Å²) in [5, 5.41) is 0. The summed E-state index contributed by atoms with van der Waals surface area (Å²) in [6.07, 6.45) is 1.61. The van der Waals surface area contributed by atoms with E-state index in [0.29, 0.717) is 5.92 Å². The summed E-state index contributed by atoms with van der Waals surface area (Å²) in [5.41, 5.74) is 5.80. The molecule has 18 heavy (non-hydrogen) atoms. The van der Waals surface area contributed by atoms with Gasteiger partial charge in [-0.1, -0.05) is 13.8 Å². The molecule has 1 atom stereocenters. The number of nitrogens with zero attached hydrogens (tertiary/aromatic N) is 4. The number of likely N-dealkylation sites (N-methyl/N-ethyl adjacent to an activating group) is 1. The standard InChI is InChI=1S/C13H25N5/c1-10(2)7-17(4)12-6-13(16-9-15-12)18(5)8-11(3)14/h6,9-11H,7-8,14H2,1-5H3. The van der Waals surface area contributed by atoms with Gasteiger partial charge in [-0.3, -0.25) is 0 Å². The minimum atomic E-state index is 0.127. The van der Waals surface area contributed by atoms with Crippen LogP contribution in [0.15, 0.2) is 12.4 Å². The van der Waals surface area contributed by atoms with Crippen molar-refractivity contribution in [3.05, 3.63) is 12.4 Å². The van der Waals surface area contributed by atoms with Gasteiger partial charge in [0.15, 0.2) is 0 Å². The van der Waals surface area contributed by atoms with Crippen molar-refractivity contribution in [1.82, 2.24) is 9.97 Å². The topological polar surface area (TPSA) is 58.3 Å². The minimum absolute atomic E-state index is 0.127. The van der Waals surface area contributed by atoms with Gasteiger partial charge < -0.3 is 15.5 Å². The molecule has 1 rings (SSSR count). The Labute approximate surface area is 110 Å². The van der Waals surface area contributed by atoms with Crippen LogP contribution in [-0.2, 0) is 0 Å². The Bertz CT molecular complexity index is 333. The third-order valence-electron chi connectivity index (χ3n) is 2.62. The van der Waals surface area contributed by atoms with Crippen molar-refractivity contribution in [2.24, 2.45) is 11.7 Å². The van der Waals surface area contributed by atoms with E-state index in [4.69, 9.17) is 5.73 Å². The van der Waals surface area contributed by atoms with Gasteiger partial charge in [-0.2, -0.15) is 0 Å². The molecule has 0 aliphatic carbocycles. The van der Waals surface area contributed by atoms with Gasteiger partial charge in [0.2, 0.25) is 0 Å². The molecule has 0 radical (unpaired) electrons. The molecule has 0 saturated heterocycles. The van der Waals surface area contributed by atoms with Crippen LogP contribution in [0.25, 0.3) is 0 Å². The first kappa shape index (κ1) is 14.7. The summed E-state index contributed by atoms with van der Waals surface area (Å²) in [6.45, 7) is 8.14. The lowest BCUT2D eigenvalue weighted by Gasteiger charge is -2.23. The zero-order valence-corrected chi connectivity index (χ0v) is 12.1. The monoisotopic (exact) mass is 251 g/mol. The molecule has 0 aliphatic heterocycles. The molecule has 0 amide bonds. The summed E-state index contributed by atoms with van der Waals surface area (Å²) in [5.74, 6) is 2.47. The van der Waals surface area contributed by atoms with Crippen LogP contribution in [0, 0.1) is 5.92 Å². The lowest BCUT2D eigenvalue weighted by atomic mass is 10.2. The van der Waals surface area contributed by atoms with Crippen LogP contribution in [0.5, 0.6) is 0 Å². The molecular weight excluding hydrogens is 226 g/mol. The fourth-order valence-corrected chi connectivity index (χ4v) is 1.92. The Balaban J connectivity index is 2.78. The second kappa shape index (κ2) is 6.54. The van der Waals surface area contributed by atoms with Gasteiger partial charge in [-0.05, 0) is 12.8 Å². The van der Waals surface area contributed by atoms with E-state index in [1.54, 1.807) is 6.33 Å². The Hall–Kier alpha value is -1.36. The van der Waals surface area contributed by atoms with Gasteiger partial charge in [0, 0.05) is 39.3 Å². The third-order valence-corrected chi connectivity index (χ3v) is 2.62. The normalized spacial score (nSPS) is 12.6. The molecule has 0 aromatic carbocycles. The average Bonchev–Trinajstić information content (AvgIpc) is 2.27. The number of rotatable bonds is 6. The van der Waals surface area contributed by atoms with Crippen molar-refractivity contribution in [1.29, 1.82) is 0 Å². The maximum Gasteiger partial charge on any atom is 0.133 e. The quantitative estimate of drug-likeness (QED) is 0.827. The number of hydrogen-bond acceptors (Lipinski definition) is 5. The minimum Gasteiger partial charge on any atom is -0.359 e. The molecule has 0 spiro atoms. The van der Waals surface area contributed by atoms with Crippen molar-refractivity contribution < 1.29 is 0 Å². The molecule has 0 aliphatic rings. The number of hydrogen-bond donors (Lipinski definition) is 1. The molecule has 102 valence electrons. The molecule has 5 heteroatoms. The molecule has 0 saturated carbocycles. The van der Waals surface area contributed by atoms with Crippen LogP contribution >= 0.6 is 0 Å². The van der Waals surface area contributed by atoms with Crippen molar-refractivity contribution in [3.63, 3.8) is 0 Å². The fourth-order valence-electron chi connectivity index (χ4n) is 1.92. The predicted molar refractivity (Wildman–Crippen MR) is 77.1 cm³/mol. The molecule has 1 aromatic heterocycles. The van der Waals surface area contributed by atoms with Gasteiger partial charge in [-0.25, -0.2) is 9.97 Å². The molecule has 0 fully saturated rings. The Morgan fingerprint density at radius 3 is 2.00 bits per heavy atom. The predicted octanol–water partition coefficient (Wildman–Crippen LogP) is 1.35. The second-order valence-corrected chi connectivity index (χ2v) is 5.37. The first-order valence-corrected chi connectivity index (χ1v) is 6.40. The largest absolute Gasteiger partial charge is 0.359 e.